The number of benzene rings is 2. The average Bonchev–Trinajstić information content (AvgIpc) is 3.04. The Balaban J connectivity index is 1.75. The van der Waals surface area contributed by atoms with E-state index < -0.39 is 10.0 Å². The smallest absolute Gasteiger partial charge is 0.238 e. The number of nitrogens with zero attached hydrogens (tertiary/aromatic N) is 3. The van der Waals surface area contributed by atoms with Gasteiger partial charge in [0.15, 0.2) is 11.0 Å². The van der Waals surface area contributed by atoms with Crippen LogP contribution in [0.4, 0.5) is 11.4 Å². The standard InChI is InChI=1S/C15H15N6O2S2/c16-14(19-12-6-8-13(9-7-12)25(17,22)23)21-15(24-10-18-21)20-11-4-2-1-3-5-11/h1-9,15,20H,(H2,16,19)(H2,17,22,23). The van der Waals surface area contributed by atoms with Gasteiger partial charge in [-0.25, -0.2) is 18.5 Å². The summed E-state index contributed by atoms with van der Waals surface area (Å²) in [7, 11) is -3.74. The predicted octanol–water partition coefficient (Wildman–Crippen LogP) is 1.54. The molecular formula is C15H15N6O2S2. The van der Waals surface area contributed by atoms with Crippen LogP contribution in [0.5, 0.6) is 0 Å². The van der Waals surface area contributed by atoms with Crippen LogP contribution in [-0.4, -0.2) is 30.4 Å². The molecule has 8 nitrogen and oxygen atoms in total. The highest BCUT2D eigenvalue weighted by Crippen LogP contribution is 2.24. The molecule has 2 aromatic rings. The fraction of sp³-hybridized carbons (Fsp3) is 0.0667. The second-order valence-corrected chi connectivity index (χ2v) is 7.45. The van der Waals surface area contributed by atoms with Crippen LogP contribution in [0.15, 0.2) is 69.6 Å². The zero-order chi connectivity index (χ0) is 17.9. The lowest BCUT2D eigenvalue weighted by Gasteiger charge is -2.23. The van der Waals surface area contributed by atoms with Crippen molar-refractivity contribution in [2.24, 2.45) is 21.0 Å². The molecule has 5 N–H and O–H groups in total. The van der Waals surface area contributed by atoms with Gasteiger partial charge >= 0.3 is 0 Å². The number of thioether (sulfide) groups is 1. The van der Waals surface area contributed by atoms with E-state index in [4.69, 9.17) is 10.9 Å². The van der Waals surface area contributed by atoms with E-state index in [1.54, 1.807) is 0 Å². The third kappa shape index (κ3) is 4.29. The summed E-state index contributed by atoms with van der Waals surface area (Å²) in [5, 5.41) is 13.9. The molecule has 2 aromatic carbocycles. The van der Waals surface area contributed by atoms with Crippen LogP contribution < -0.4 is 16.2 Å². The second kappa shape index (κ2) is 7.13. The molecule has 1 heterocycles. The van der Waals surface area contributed by atoms with Gasteiger partial charge in [0, 0.05) is 5.69 Å². The van der Waals surface area contributed by atoms with E-state index >= 15 is 0 Å². The monoisotopic (exact) mass is 375 g/mol. The molecular weight excluding hydrogens is 360 g/mol. The number of guanidine groups is 1. The molecule has 0 aromatic heterocycles. The first-order valence-corrected chi connectivity index (χ1v) is 9.55. The summed E-state index contributed by atoms with van der Waals surface area (Å²) in [5.41, 5.74) is 9.92. The molecule has 1 unspecified atom stereocenters. The molecule has 1 atom stereocenters. The zero-order valence-corrected chi connectivity index (χ0v) is 14.5. The molecule has 1 aliphatic heterocycles. The lowest BCUT2D eigenvalue weighted by atomic mass is 10.3. The van der Waals surface area contributed by atoms with Crippen molar-refractivity contribution in [1.29, 1.82) is 0 Å². The minimum absolute atomic E-state index is 0.0109. The first-order chi connectivity index (χ1) is 11.9. The molecule has 10 heteroatoms. The fourth-order valence-corrected chi connectivity index (χ4v) is 3.25. The maximum absolute atomic E-state index is 11.3. The summed E-state index contributed by atoms with van der Waals surface area (Å²) in [5.74, 6) is 0.147. The van der Waals surface area contributed by atoms with Crippen molar-refractivity contribution >= 4 is 44.7 Å². The van der Waals surface area contributed by atoms with Gasteiger partial charge in [0.1, 0.15) is 0 Å². The number of primary sulfonamides is 1. The van der Waals surface area contributed by atoms with Gasteiger partial charge < -0.3 is 11.1 Å². The highest BCUT2D eigenvalue weighted by Gasteiger charge is 2.25. The maximum Gasteiger partial charge on any atom is 0.238 e. The third-order valence-electron chi connectivity index (χ3n) is 3.24. The zero-order valence-electron chi connectivity index (χ0n) is 12.9. The number of hydrogen-bond acceptors (Lipinski definition) is 6. The van der Waals surface area contributed by atoms with E-state index in [1.807, 2.05) is 30.3 Å². The number of para-hydroxylation sites is 1. The van der Waals surface area contributed by atoms with Crippen molar-refractivity contribution in [2.75, 3.05) is 5.32 Å². The fourth-order valence-electron chi connectivity index (χ4n) is 2.05. The lowest BCUT2D eigenvalue weighted by Crippen LogP contribution is -2.40. The van der Waals surface area contributed by atoms with Crippen LogP contribution in [-0.2, 0) is 10.0 Å². The molecule has 0 fully saturated rings. The van der Waals surface area contributed by atoms with Crippen molar-refractivity contribution in [1.82, 2.24) is 5.01 Å². The first kappa shape index (κ1) is 17.3. The van der Waals surface area contributed by atoms with E-state index in [1.165, 1.54) is 41.0 Å². The average molecular weight is 375 g/mol. The number of aliphatic imine (C=N–C) groups is 1. The van der Waals surface area contributed by atoms with Crippen molar-refractivity contribution in [2.45, 2.75) is 10.4 Å². The number of hydrazone groups is 1. The molecule has 1 radical (unpaired) electrons. The molecule has 0 amide bonds. The summed E-state index contributed by atoms with van der Waals surface area (Å²) >= 11 is 1.33. The van der Waals surface area contributed by atoms with Gasteiger partial charge in [-0.2, -0.15) is 10.1 Å². The molecule has 0 aliphatic carbocycles. The number of rotatable bonds is 4. The Morgan fingerprint density at radius 3 is 2.52 bits per heavy atom. The summed E-state index contributed by atoms with van der Waals surface area (Å²) in [6.07, 6.45) is 0. The van der Waals surface area contributed by atoms with Gasteiger partial charge in [-0.3, -0.25) is 0 Å². The van der Waals surface area contributed by atoms with Crippen LogP contribution in [0.2, 0.25) is 0 Å². The summed E-state index contributed by atoms with van der Waals surface area (Å²) in [6, 6.07) is 15.4. The predicted molar refractivity (Wildman–Crippen MR) is 99.8 cm³/mol. The van der Waals surface area contributed by atoms with E-state index in [9.17, 15) is 8.42 Å². The maximum atomic E-state index is 11.3. The van der Waals surface area contributed by atoms with Crippen LogP contribution in [0, 0.1) is 0 Å². The molecule has 0 bridgehead atoms. The summed E-state index contributed by atoms with van der Waals surface area (Å²) < 4.78 is 22.5. The highest BCUT2D eigenvalue weighted by molar-refractivity contribution is 8.12. The first-order valence-electron chi connectivity index (χ1n) is 7.13. The third-order valence-corrected chi connectivity index (χ3v) is 4.90. The molecule has 0 saturated carbocycles. The summed E-state index contributed by atoms with van der Waals surface area (Å²) in [6.45, 7) is 0. The van der Waals surface area contributed by atoms with Crippen LogP contribution in [0.25, 0.3) is 0 Å². The van der Waals surface area contributed by atoms with E-state index in [-0.39, 0.29) is 16.4 Å². The number of nitrogens with two attached hydrogens (primary N) is 2. The van der Waals surface area contributed by atoms with Gasteiger partial charge in [-0.1, -0.05) is 30.0 Å². The normalized spacial score (nSPS) is 17.7. The lowest BCUT2D eigenvalue weighted by molar-refractivity contribution is 0.453. The molecule has 3 rings (SSSR count). The Bertz CT molecular complexity index is 897. The quantitative estimate of drug-likeness (QED) is 0.550. The highest BCUT2D eigenvalue weighted by atomic mass is 32.2. The Morgan fingerprint density at radius 1 is 1.20 bits per heavy atom. The number of nitrogens with one attached hydrogen (secondary N) is 1. The number of anilines is 1. The Morgan fingerprint density at radius 2 is 1.88 bits per heavy atom. The van der Waals surface area contributed by atoms with E-state index in [0.717, 1.165) is 5.69 Å². The SMILES string of the molecule is NC(=Nc1ccc(S(N)(=O)=O)cc1)N1N=[C]SC1Nc1ccccc1. The van der Waals surface area contributed by atoms with Gasteiger partial charge in [0.2, 0.25) is 16.0 Å². The van der Waals surface area contributed by atoms with E-state index in [0.29, 0.717) is 5.69 Å². The number of hydrogen-bond donors (Lipinski definition) is 3. The molecule has 1 aliphatic rings. The van der Waals surface area contributed by atoms with Crippen LogP contribution >= 0.6 is 11.8 Å². The Labute approximate surface area is 149 Å². The molecule has 0 saturated heterocycles. The second-order valence-electron chi connectivity index (χ2n) is 5.03. The topological polar surface area (TPSA) is 126 Å². The molecule has 25 heavy (non-hydrogen) atoms. The van der Waals surface area contributed by atoms with Crippen molar-refractivity contribution < 1.29 is 8.42 Å². The van der Waals surface area contributed by atoms with E-state index in [2.05, 4.69) is 21.0 Å². The summed E-state index contributed by atoms with van der Waals surface area (Å²) in [4.78, 5) is 4.26. The number of sulfonamides is 1. The van der Waals surface area contributed by atoms with Gasteiger partial charge in [0.25, 0.3) is 0 Å². The van der Waals surface area contributed by atoms with Crippen molar-refractivity contribution in [3.63, 3.8) is 0 Å². The van der Waals surface area contributed by atoms with Gasteiger partial charge in [-0.05, 0) is 36.4 Å². The van der Waals surface area contributed by atoms with Gasteiger partial charge in [0.05, 0.1) is 10.6 Å². The van der Waals surface area contributed by atoms with Crippen molar-refractivity contribution in [3.05, 3.63) is 54.6 Å². The minimum atomic E-state index is -3.74. The van der Waals surface area contributed by atoms with Gasteiger partial charge in [-0.15, -0.1) is 0 Å². The Kier molecular flexibility index (Phi) is 4.93. The largest absolute Gasteiger partial charge is 0.368 e. The Hall–Kier alpha value is -2.56. The minimum Gasteiger partial charge on any atom is -0.368 e. The van der Waals surface area contributed by atoms with Crippen LogP contribution in [0.1, 0.15) is 0 Å². The van der Waals surface area contributed by atoms with Crippen LogP contribution in [0.3, 0.4) is 0 Å². The molecule has 0 spiro atoms. The molecule has 129 valence electrons. The van der Waals surface area contributed by atoms with Crippen molar-refractivity contribution in [3.8, 4) is 0 Å².